The van der Waals surface area contributed by atoms with E-state index in [2.05, 4.69) is 10.2 Å². The van der Waals surface area contributed by atoms with Crippen LogP contribution in [0.3, 0.4) is 0 Å². The van der Waals surface area contributed by atoms with Crippen LogP contribution in [0.1, 0.15) is 48.5 Å². The van der Waals surface area contributed by atoms with Crippen LogP contribution in [0.4, 0.5) is 14.5 Å². The molecular weight excluding hydrogens is 632 g/mol. The Morgan fingerprint density at radius 2 is 1.52 bits per heavy atom. The van der Waals surface area contributed by atoms with Crippen molar-refractivity contribution in [1.29, 1.82) is 0 Å². The van der Waals surface area contributed by atoms with Crippen LogP contribution in [-0.2, 0) is 10.4 Å². The van der Waals surface area contributed by atoms with Crippen molar-refractivity contribution in [2.24, 2.45) is 0 Å². The molecule has 0 aliphatic carbocycles. The van der Waals surface area contributed by atoms with Gasteiger partial charge in [-0.25, -0.2) is 8.78 Å². The van der Waals surface area contributed by atoms with Gasteiger partial charge in [-0.2, -0.15) is 0 Å². The Labute approximate surface area is 263 Å². The number of carbonyl (C=O) groups excluding carboxylic acids is 2. The van der Waals surface area contributed by atoms with Crippen molar-refractivity contribution in [3.63, 3.8) is 0 Å². The van der Waals surface area contributed by atoms with Crippen LogP contribution in [0.25, 0.3) is 0 Å². The maximum atomic E-state index is 13.5. The molecule has 2 aromatic rings. The number of rotatable bonds is 6. The van der Waals surface area contributed by atoms with Gasteiger partial charge < -0.3 is 20.2 Å². The van der Waals surface area contributed by atoms with E-state index in [-0.39, 0.29) is 58.2 Å². The Bertz CT molecular complexity index is 1330. The molecule has 3 saturated heterocycles. The van der Waals surface area contributed by atoms with Crippen molar-refractivity contribution in [2.45, 2.75) is 56.2 Å². The van der Waals surface area contributed by atoms with E-state index < -0.39 is 23.3 Å². The highest BCUT2D eigenvalue weighted by Crippen LogP contribution is 2.36. The van der Waals surface area contributed by atoms with E-state index in [0.29, 0.717) is 29.8 Å². The highest BCUT2D eigenvalue weighted by atomic mass is 35.5. The number of nitrogens with zero attached hydrogens (tertiary/aromatic N) is 3. The number of alkyl halides is 2. The third-order valence-corrected chi connectivity index (χ3v) is 9.62. The van der Waals surface area contributed by atoms with Crippen molar-refractivity contribution in [2.75, 3.05) is 44.6 Å². The molecule has 0 radical (unpaired) electrons. The monoisotopic (exact) mass is 662 g/mol. The maximum Gasteiger partial charge on any atom is 0.258 e. The highest BCUT2D eigenvalue weighted by molar-refractivity contribution is 6.40. The molecule has 228 valence electrons. The first-order chi connectivity index (χ1) is 19.7. The lowest BCUT2D eigenvalue weighted by Crippen LogP contribution is -2.61. The summed E-state index contributed by atoms with van der Waals surface area (Å²) >= 11 is 25.2. The van der Waals surface area contributed by atoms with Crippen LogP contribution in [-0.4, -0.2) is 88.9 Å². The summed E-state index contributed by atoms with van der Waals surface area (Å²) in [5, 5.41) is 15.5. The largest absolute Gasteiger partial charge is 0.380 e. The zero-order valence-electron chi connectivity index (χ0n) is 23.0. The predicted molar refractivity (Wildman–Crippen MR) is 161 cm³/mol. The van der Waals surface area contributed by atoms with E-state index in [1.165, 1.54) is 17.9 Å². The van der Waals surface area contributed by atoms with E-state index in [9.17, 15) is 23.5 Å². The molecule has 7 nitrogen and oxygen atoms in total. The Kier molecular flexibility index (Phi) is 9.20. The zero-order chi connectivity index (χ0) is 30.4. The number of amides is 2. The first kappa shape index (κ1) is 31.5. The average molecular weight is 664 g/mol. The normalized spacial score (nSPS) is 21.5. The standard InChI is InChI=1S/C29H32Cl4F2N4O3/c1-28(42,21-12-17(30)2-3-22(21)31)27(41)38-8-4-20(5-9-38)39-15-19(16-39)36-18-13-23(32)25(24(33)14-18)26(40)37-10-6-29(34,35)7-11-37/h2-3,12-14,19-20,36,42H,4-11,15-16H2,1H3/t28-/m0/s1. The summed E-state index contributed by atoms with van der Waals surface area (Å²) in [6.07, 6.45) is 0.795. The number of hydrogen-bond donors (Lipinski definition) is 2. The van der Waals surface area contributed by atoms with Crippen LogP contribution >= 0.6 is 46.4 Å². The van der Waals surface area contributed by atoms with Gasteiger partial charge in [0.25, 0.3) is 17.7 Å². The highest BCUT2D eigenvalue weighted by Gasteiger charge is 2.41. The fourth-order valence-corrected chi connectivity index (χ4v) is 7.04. The molecule has 2 N–H and O–H groups in total. The topological polar surface area (TPSA) is 76.1 Å². The van der Waals surface area contributed by atoms with Crippen molar-refractivity contribution < 1.29 is 23.5 Å². The van der Waals surface area contributed by atoms with E-state index in [0.717, 1.165) is 25.9 Å². The summed E-state index contributed by atoms with van der Waals surface area (Å²) in [6.45, 7) is 3.96. The minimum atomic E-state index is -2.75. The summed E-state index contributed by atoms with van der Waals surface area (Å²) in [7, 11) is 0. The second-order valence-electron chi connectivity index (χ2n) is 11.5. The number of nitrogens with one attached hydrogen (secondary N) is 1. The second-order valence-corrected chi connectivity index (χ2v) is 13.1. The van der Waals surface area contributed by atoms with E-state index in [4.69, 9.17) is 46.4 Å². The number of piperidine rings is 2. The fraction of sp³-hybridized carbons (Fsp3) is 0.517. The van der Waals surface area contributed by atoms with Gasteiger partial charge in [-0.05, 0) is 50.1 Å². The second kappa shape index (κ2) is 12.3. The Balaban J connectivity index is 1.11. The first-order valence-corrected chi connectivity index (χ1v) is 15.4. The smallest absolute Gasteiger partial charge is 0.258 e. The number of carbonyl (C=O) groups is 2. The predicted octanol–water partition coefficient (Wildman–Crippen LogP) is 6.17. The van der Waals surface area contributed by atoms with E-state index >= 15 is 0 Å². The third-order valence-electron chi connectivity index (χ3n) is 8.46. The summed E-state index contributed by atoms with van der Waals surface area (Å²) in [5.41, 5.74) is -0.693. The lowest BCUT2D eigenvalue weighted by molar-refractivity contribution is -0.152. The molecule has 5 rings (SSSR count). The van der Waals surface area contributed by atoms with Crippen molar-refractivity contribution in [3.05, 3.63) is 61.5 Å². The Hall–Kier alpha value is -1.88. The average Bonchev–Trinajstić information content (AvgIpc) is 2.91. The quantitative estimate of drug-likeness (QED) is 0.387. The minimum absolute atomic E-state index is 0.0426. The number of anilines is 1. The van der Waals surface area contributed by atoms with Crippen LogP contribution in [0.5, 0.6) is 0 Å². The lowest BCUT2D eigenvalue weighted by atomic mass is 9.92. The molecule has 3 heterocycles. The molecular formula is C29H32Cl4F2N4O3. The molecule has 0 spiro atoms. The fourth-order valence-electron chi connectivity index (χ4n) is 5.92. The molecule has 0 aromatic heterocycles. The van der Waals surface area contributed by atoms with Crippen molar-refractivity contribution >= 4 is 63.9 Å². The number of benzene rings is 2. The van der Waals surface area contributed by atoms with E-state index in [1.807, 2.05) is 0 Å². The molecule has 13 heteroatoms. The van der Waals surface area contributed by atoms with Crippen LogP contribution in [0.15, 0.2) is 30.3 Å². The molecule has 0 saturated carbocycles. The summed E-state index contributed by atoms with van der Waals surface area (Å²) < 4.78 is 27.0. The summed E-state index contributed by atoms with van der Waals surface area (Å²) in [6, 6.07) is 8.43. The molecule has 0 unspecified atom stereocenters. The molecule has 2 aromatic carbocycles. The number of likely N-dealkylation sites (tertiary alicyclic amines) is 3. The van der Waals surface area contributed by atoms with Gasteiger partial charge in [-0.3, -0.25) is 14.5 Å². The van der Waals surface area contributed by atoms with Gasteiger partial charge in [0, 0.05) is 79.4 Å². The first-order valence-electron chi connectivity index (χ1n) is 13.9. The Morgan fingerprint density at radius 1 is 0.929 bits per heavy atom. The van der Waals surface area contributed by atoms with Gasteiger partial charge in [-0.15, -0.1) is 0 Å². The third kappa shape index (κ3) is 6.61. The van der Waals surface area contributed by atoms with Gasteiger partial charge in [-0.1, -0.05) is 46.4 Å². The zero-order valence-corrected chi connectivity index (χ0v) is 26.0. The molecule has 2 amide bonds. The molecule has 3 aliphatic rings. The van der Waals surface area contributed by atoms with Crippen LogP contribution in [0, 0.1) is 0 Å². The number of hydrogen-bond acceptors (Lipinski definition) is 5. The van der Waals surface area contributed by atoms with Crippen molar-refractivity contribution in [1.82, 2.24) is 14.7 Å². The van der Waals surface area contributed by atoms with Gasteiger partial charge >= 0.3 is 0 Å². The summed E-state index contributed by atoms with van der Waals surface area (Å²) in [4.78, 5) is 31.5. The lowest BCUT2D eigenvalue weighted by Gasteiger charge is -2.48. The van der Waals surface area contributed by atoms with Gasteiger partial charge in [0.2, 0.25) is 0 Å². The van der Waals surface area contributed by atoms with Gasteiger partial charge in [0.1, 0.15) is 0 Å². The molecule has 3 fully saturated rings. The van der Waals surface area contributed by atoms with Crippen LogP contribution in [0.2, 0.25) is 20.1 Å². The Morgan fingerprint density at radius 3 is 2.12 bits per heavy atom. The minimum Gasteiger partial charge on any atom is -0.380 e. The van der Waals surface area contributed by atoms with Gasteiger partial charge in [0.15, 0.2) is 5.60 Å². The maximum absolute atomic E-state index is 13.5. The summed E-state index contributed by atoms with van der Waals surface area (Å²) in [5.74, 6) is -3.60. The van der Waals surface area contributed by atoms with Crippen molar-refractivity contribution in [3.8, 4) is 0 Å². The van der Waals surface area contributed by atoms with Gasteiger partial charge in [0.05, 0.1) is 21.7 Å². The molecule has 3 aliphatic heterocycles. The number of halogens is 6. The molecule has 1 atom stereocenters. The molecule has 0 bridgehead atoms. The molecule has 42 heavy (non-hydrogen) atoms. The number of aliphatic hydroxyl groups is 1. The SMILES string of the molecule is C[C@@](O)(C(=O)N1CCC(N2CC(Nc3cc(Cl)c(C(=O)N4CCC(F)(F)CC4)c(Cl)c3)C2)CC1)c1cc(Cl)ccc1Cl. The van der Waals surface area contributed by atoms with Crippen LogP contribution < -0.4 is 5.32 Å². The van der Waals surface area contributed by atoms with E-state index in [1.54, 1.807) is 29.2 Å².